The highest BCUT2D eigenvalue weighted by atomic mass is 35.5. The van der Waals surface area contributed by atoms with Crippen LogP contribution in [0, 0.1) is 18.3 Å². The van der Waals surface area contributed by atoms with Crippen LogP contribution < -0.4 is 11.1 Å². The number of rotatable bonds is 3. The Balaban J connectivity index is 1.93. The van der Waals surface area contributed by atoms with E-state index in [4.69, 9.17) is 17.3 Å². The van der Waals surface area contributed by atoms with Crippen LogP contribution in [-0.2, 0) is 12.8 Å². The molecule has 1 heterocycles. The standard InChI is InChI=1S/C21H25ClN2O2S/c1-11-5-7-13(15(22)9-11)19(26)24-20-17(18(23)25)14-8-6-12(21(2,3)4)10-16(14)27-20/h5,7,9,12H,6,8,10H2,1-4H3,(H2,23,25)(H,24,26)/t12-/m0/s1. The van der Waals surface area contributed by atoms with Gasteiger partial charge in [0.25, 0.3) is 11.8 Å². The molecule has 3 rings (SSSR count). The fourth-order valence-corrected chi connectivity index (χ4v) is 5.30. The van der Waals surface area contributed by atoms with Gasteiger partial charge in [-0.15, -0.1) is 11.3 Å². The molecule has 1 atom stereocenters. The van der Waals surface area contributed by atoms with Crippen molar-refractivity contribution < 1.29 is 9.59 Å². The molecule has 0 saturated heterocycles. The van der Waals surface area contributed by atoms with Gasteiger partial charge >= 0.3 is 0 Å². The van der Waals surface area contributed by atoms with Gasteiger partial charge in [0.05, 0.1) is 16.1 Å². The van der Waals surface area contributed by atoms with Crippen LogP contribution in [0.25, 0.3) is 0 Å². The van der Waals surface area contributed by atoms with Crippen molar-refractivity contribution in [1.29, 1.82) is 0 Å². The third-order valence-electron chi connectivity index (χ3n) is 5.33. The Morgan fingerprint density at radius 3 is 2.59 bits per heavy atom. The molecule has 27 heavy (non-hydrogen) atoms. The zero-order valence-corrected chi connectivity index (χ0v) is 17.7. The average Bonchev–Trinajstić information content (AvgIpc) is 2.90. The Bertz CT molecular complexity index is 912. The van der Waals surface area contributed by atoms with Crippen molar-refractivity contribution in [2.45, 2.75) is 47.0 Å². The predicted molar refractivity (Wildman–Crippen MR) is 112 cm³/mol. The minimum atomic E-state index is -0.494. The topological polar surface area (TPSA) is 72.2 Å². The molecule has 0 aliphatic heterocycles. The van der Waals surface area contributed by atoms with Gasteiger partial charge < -0.3 is 11.1 Å². The highest BCUT2D eigenvalue weighted by Crippen LogP contribution is 2.44. The number of primary amides is 1. The lowest BCUT2D eigenvalue weighted by molar-refractivity contribution is 0.1000. The molecule has 1 aliphatic rings. The highest BCUT2D eigenvalue weighted by molar-refractivity contribution is 7.17. The van der Waals surface area contributed by atoms with Crippen molar-refractivity contribution in [3.05, 3.63) is 50.4 Å². The van der Waals surface area contributed by atoms with Crippen LogP contribution in [-0.4, -0.2) is 11.8 Å². The van der Waals surface area contributed by atoms with Crippen LogP contribution in [0.3, 0.4) is 0 Å². The van der Waals surface area contributed by atoms with Crippen LogP contribution >= 0.6 is 22.9 Å². The summed E-state index contributed by atoms with van der Waals surface area (Å²) in [5.41, 5.74) is 8.68. The highest BCUT2D eigenvalue weighted by Gasteiger charge is 2.33. The molecular formula is C21H25ClN2O2S. The molecule has 0 saturated carbocycles. The van der Waals surface area contributed by atoms with Crippen molar-refractivity contribution in [1.82, 2.24) is 0 Å². The van der Waals surface area contributed by atoms with E-state index in [0.29, 0.717) is 27.1 Å². The van der Waals surface area contributed by atoms with Gasteiger partial charge in [-0.3, -0.25) is 9.59 Å². The smallest absolute Gasteiger partial charge is 0.257 e. The first kappa shape index (κ1) is 19.9. The lowest BCUT2D eigenvalue weighted by atomic mass is 9.72. The van der Waals surface area contributed by atoms with Gasteiger partial charge in [-0.2, -0.15) is 0 Å². The molecule has 1 aromatic heterocycles. The van der Waals surface area contributed by atoms with Crippen LogP contribution in [0.5, 0.6) is 0 Å². The predicted octanol–water partition coefficient (Wildman–Crippen LogP) is 5.21. The summed E-state index contributed by atoms with van der Waals surface area (Å²) < 4.78 is 0. The molecule has 0 unspecified atom stereocenters. The number of nitrogens with one attached hydrogen (secondary N) is 1. The normalized spacial score (nSPS) is 16.7. The Morgan fingerprint density at radius 2 is 2.00 bits per heavy atom. The summed E-state index contributed by atoms with van der Waals surface area (Å²) in [6.07, 6.45) is 2.74. The largest absolute Gasteiger partial charge is 0.365 e. The quantitative estimate of drug-likeness (QED) is 0.736. The molecule has 2 amide bonds. The van der Waals surface area contributed by atoms with E-state index in [9.17, 15) is 9.59 Å². The van der Waals surface area contributed by atoms with E-state index >= 15 is 0 Å². The minimum absolute atomic E-state index is 0.202. The van der Waals surface area contributed by atoms with E-state index in [1.54, 1.807) is 12.1 Å². The molecule has 0 bridgehead atoms. The fourth-order valence-electron chi connectivity index (χ4n) is 3.65. The summed E-state index contributed by atoms with van der Waals surface area (Å²) >= 11 is 7.68. The summed E-state index contributed by atoms with van der Waals surface area (Å²) in [7, 11) is 0. The summed E-state index contributed by atoms with van der Waals surface area (Å²) in [4.78, 5) is 26.0. The third-order valence-corrected chi connectivity index (χ3v) is 6.82. The van der Waals surface area contributed by atoms with E-state index in [1.165, 1.54) is 11.3 Å². The van der Waals surface area contributed by atoms with E-state index in [-0.39, 0.29) is 11.3 Å². The Labute approximate surface area is 169 Å². The molecular weight excluding hydrogens is 380 g/mol. The first-order valence-corrected chi connectivity index (χ1v) is 10.3. The molecule has 1 aromatic carbocycles. The molecule has 0 fully saturated rings. The fraction of sp³-hybridized carbons (Fsp3) is 0.429. The summed E-state index contributed by atoms with van der Waals surface area (Å²) in [6.45, 7) is 8.64. The summed E-state index contributed by atoms with van der Waals surface area (Å²) in [5.74, 6) is -0.278. The maximum Gasteiger partial charge on any atom is 0.257 e. The van der Waals surface area contributed by atoms with Crippen molar-refractivity contribution in [2.24, 2.45) is 17.1 Å². The summed E-state index contributed by atoms with van der Waals surface area (Å²) in [6, 6.07) is 5.28. The molecule has 4 nitrogen and oxygen atoms in total. The number of hydrogen-bond acceptors (Lipinski definition) is 3. The maximum atomic E-state index is 12.7. The van der Waals surface area contributed by atoms with Crippen molar-refractivity contribution in [3.8, 4) is 0 Å². The number of halogens is 1. The first-order valence-electron chi connectivity index (χ1n) is 9.09. The second-order valence-corrected chi connectivity index (χ2v) is 9.83. The third kappa shape index (κ3) is 4.04. The van der Waals surface area contributed by atoms with Gasteiger partial charge in [0.1, 0.15) is 5.00 Å². The van der Waals surface area contributed by atoms with Crippen molar-refractivity contribution in [2.75, 3.05) is 5.32 Å². The number of benzene rings is 1. The Morgan fingerprint density at radius 1 is 1.30 bits per heavy atom. The van der Waals surface area contributed by atoms with Crippen LogP contribution in [0.2, 0.25) is 5.02 Å². The number of amides is 2. The molecule has 2 aromatic rings. The number of fused-ring (bicyclic) bond motifs is 1. The van der Waals surface area contributed by atoms with E-state index in [1.807, 2.05) is 13.0 Å². The van der Waals surface area contributed by atoms with E-state index < -0.39 is 5.91 Å². The van der Waals surface area contributed by atoms with Crippen molar-refractivity contribution in [3.63, 3.8) is 0 Å². The van der Waals surface area contributed by atoms with Gasteiger partial charge in [-0.25, -0.2) is 0 Å². The van der Waals surface area contributed by atoms with Gasteiger partial charge in [-0.05, 0) is 60.8 Å². The summed E-state index contributed by atoms with van der Waals surface area (Å²) in [5, 5.41) is 3.80. The lowest BCUT2D eigenvalue weighted by Gasteiger charge is -2.33. The minimum Gasteiger partial charge on any atom is -0.365 e. The molecule has 6 heteroatoms. The number of anilines is 1. The van der Waals surface area contributed by atoms with E-state index in [2.05, 4.69) is 26.1 Å². The molecule has 3 N–H and O–H groups in total. The number of aryl methyl sites for hydroxylation is 1. The number of nitrogens with two attached hydrogens (primary N) is 1. The SMILES string of the molecule is Cc1ccc(C(=O)Nc2sc3c(c2C(N)=O)CC[C@H](C(C)(C)C)C3)c(Cl)c1. The van der Waals surface area contributed by atoms with Crippen LogP contribution in [0.1, 0.15) is 63.9 Å². The molecule has 144 valence electrons. The van der Waals surface area contributed by atoms with Gasteiger partial charge in [-0.1, -0.05) is 38.4 Å². The number of hydrogen-bond donors (Lipinski definition) is 2. The maximum absolute atomic E-state index is 12.7. The van der Waals surface area contributed by atoms with Gasteiger partial charge in [0.15, 0.2) is 0 Å². The Kier molecular flexibility index (Phi) is 5.37. The molecule has 0 radical (unpaired) electrons. The number of carbonyl (C=O) groups excluding carboxylic acids is 2. The van der Waals surface area contributed by atoms with Crippen LogP contribution in [0.4, 0.5) is 5.00 Å². The van der Waals surface area contributed by atoms with Gasteiger partial charge in [0.2, 0.25) is 0 Å². The second-order valence-electron chi connectivity index (χ2n) is 8.32. The van der Waals surface area contributed by atoms with Crippen LogP contribution in [0.15, 0.2) is 18.2 Å². The first-order chi connectivity index (χ1) is 12.6. The monoisotopic (exact) mass is 404 g/mol. The number of carbonyl (C=O) groups is 2. The zero-order valence-electron chi connectivity index (χ0n) is 16.1. The van der Waals surface area contributed by atoms with E-state index in [0.717, 1.165) is 35.3 Å². The zero-order chi connectivity index (χ0) is 19.9. The molecule has 0 spiro atoms. The van der Waals surface area contributed by atoms with Crippen molar-refractivity contribution >= 4 is 39.8 Å². The Hall–Kier alpha value is -1.85. The van der Waals surface area contributed by atoms with Gasteiger partial charge in [0, 0.05) is 4.88 Å². The molecule has 1 aliphatic carbocycles. The number of thiophene rings is 1. The lowest BCUT2D eigenvalue weighted by Crippen LogP contribution is -2.27. The average molecular weight is 405 g/mol. The second kappa shape index (κ2) is 7.28.